The van der Waals surface area contributed by atoms with Crippen molar-refractivity contribution in [1.29, 1.82) is 0 Å². The molecule has 3 heteroatoms. The minimum atomic E-state index is -0.636. The first-order valence-corrected chi connectivity index (χ1v) is 7.57. The Hall–Kier alpha value is -0.570. The number of hydrogen-bond donors (Lipinski definition) is 1. The van der Waals surface area contributed by atoms with Gasteiger partial charge >= 0.3 is 5.97 Å². The lowest BCUT2D eigenvalue weighted by molar-refractivity contribution is -0.139. The monoisotopic (exact) mass is 253 g/mol. The third-order valence-corrected chi connectivity index (χ3v) is 5.17. The van der Waals surface area contributed by atoms with E-state index in [2.05, 4.69) is 18.7 Å². The number of hydrogen-bond acceptors (Lipinski definition) is 2. The van der Waals surface area contributed by atoms with Crippen molar-refractivity contribution in [1.82, 2.24) is 4.90 Å². The molecule has 1 saturated heterocycles. The Morgan fingerprint density at radius 2 is 1.94 bits per heavy atom. The van der Waals surface area contributed by atoms with Crippen LogP contribution >= 0.6 is 0 Å². The first-order valence-electron chi connectivity index (χ1n) is 7.57. The summed E-state index contributed by atoms with van der Waals surface area (Å²) >= 11 is 0. The van der Waals surface area contributed by atoms with Crippen molar-refractivity contribution < 1.29 is 9.90 Å². The van der Waals surface area contributed by atoms with Gasteiger partial charge in [0.15, 0.2) is 0 Å². The highest BCUT2D eigenvalue weighted by atomic mass is 16.4. The van der Waals surface area contributed by atoms with Crippen molar-refractivity contribution in [3.05, 3.63) is 0 Å². The molecule has 2 fully saturated rings. The molecule has 1 aliphatic carbocycles. The molecular weight excluding hydrogens is 226 g/mol. The van der Waals surface area contributed by atoms with E-state index in [1.54, 1.807) is 0 Å². The molecule has 0 amide bonds. The number of aliphatic carboxylic acids is 1. The first kappa shape index (κ1) is 13.9. The van der Waals surface area contributed by atoms with Crippen molar-refractivity contribution >= 4 is 5.97 Å². The Bertz CT molecular complexity index is 292. The van der Waals surface area contributed by atoms with Gasteiger partial charge in [-0.3, -0.25) is 9.69 Å². The van der Waals surface area contributed by atoms with Gasteiger partial charge in [0.2, 0.25) is 0 Å². The predicted molar refractivity (Wildman–Crippen MR) is 72.6 cm³/mol. The fraction of sp³-hybridized carbons (Fsp3) is 0.933. The second kappa shape index (κ2) is 6.05. The lowest BCUT2D eigenvalue weighted by Crippen LogP contribution is -2.51. The molecule has 1 heterocycles. The van der Waals surface area contributed by atoms with E-state index < -0.39 is 5.97 Å². The first-order chi connectivity index (χ1) is 8.59. The maximum absolute atomic E-state index is 11.0. The predicted octanol–water partition coefficient (Wildman–Crippen LogP) is 3.14. The molecule has 0 aromatic carbocycles. The second-order valence-electron chi connectivity index (χ2n) is 6.32. The van der Waals surface area contributed by atoms with Crippen LogP contribution in [0.4, 0.5) is 0 Å². The summed E-state index contributed by atoms with van der Waals surface area (Å²) < 4.78 is 0. The highest BCUT2D eigenvalue weighted by Crippen LogP contribution is 2.36. The summed E-state index contributed by atoms with van der Waals surface area (Å²) in [5.41, 5.74) is 0. The molecule has 3 nitrogen and oxygen atoms in total. The molecule has 0 bridgehead atoms. The zero-order valence-corrected chi connectivity index (χ0v) is 11.8. The van der Waals surface area contributed by atoms with Crippen LogP contribution < -0.4 is 0 Å². The molecule has 104 valence electrons. The van der Waals surface area contributed by atoms with Gasteiger partial charge in [-0.15, -0.1) is 0 Å². The van der Waals surface area contributed by atoms with Gasteiger partial charge < -0.3 is 5.11 Å². The van der Waals surface area contributed by atoms with Crippen LogP contribution in [-0.2, 0) is 4.79 Å². The molecule has 4 unspecified atom stereocenters. The largest absolute Gasteiger partial charge is 0.481 e. The van der Waals surface area contributed by atoms with Crippen LogP contribution in [0.2, 0.25) is 0 Å². The molecule has 2 rings (SSSR count). The highest BCUT2D eigenvalue weighted by molar-refractivity contribution is 5.67. The van der Waals surface area contributed by atoms with Crippen molar-refractivity contribution in [2.75, 3.05) is 6.54 Å². The summed E-state index contributed by atoms with van der Waals surface area (Å²) in [5.74, 6) is 0.868. The normalized spacial score (nSPS) is 38.6. The number of nitrogens with zero attached hydrogens (tertiary/aromatic N) is 1. The van der Waals surface area contributed by atoms with Gasteiger partial charge in [0, 0.05) is 12.1 Å². The topological polar surface area (TPSA) is 40.5 Å². The van der Waals surface area contributed by atoms with Crippen LogP contribution in [0, 0.1) is 11.8 Å². The van der Waals surface area contributed by atoms with Crippen LogP contribution in [0.15, 0.2) is 0 Å². The van der Waals surface area contributed by atoms with E-state index in [1.165, 1.54) is 32.1 Å². The van der Waals surface area contributed by atoms with Crippen molar-refractivity contribution in [2.24, 2.45) is 11.8 Å². The molecule has 18 heavy (non-hydrogen) atoms. The van der Waals surface area contributed by atoms with Gasteiger partial charge in [-0.25, -0.2) is 0 Å². The van der Waals surface area contributed by atoms with Crippen LogP contribution in [0.3, 0.4) is 0 Å². The molecule has 0 aromatic heterocycles. The van der Waals surface area contributed by atoms with Crippen molar-refractivity contribution in [3.63, 3.8) is 0 Å². The number of likely N-dealkylation sites (tertiary alicyclic amines) is 1. The third-order valence-electron chi connectivity index (χ3n) is 5.17. The van der Waals surface area contributed by atoms with Gasteiger partial charge in [0.1, 0.15) is 0 Å². The van der Waals surface area contributed by atoms with E-state index in [0.29, 0.717) is 18.4 Å². The maximum atomic E-state index is 11.0. The molecule has 4 atom stereocenters. The standard InChI is InChI=1S/C15H27NO2/c1-11-6-5-8-14(12(11)2)16-9-4-3-7-13(16)10-15(17)18/h11-14H,3-10H2,1-2H3,(H,17,18). The summed E-state index contributed by atoms with van der Waals surface area (Å²) in [6.07, 6.45) is 7.77. The Labute approximate surface area is 111 Å². The number of rotatable bonds is 3. The Kier molecular flexibility index (Phi) is 4.66. The summed E-state index contributed by atoms with van der Waals surface area (Å²) in [7, 11) is 0. The lowest BCUT2D eigenvalue weighted by Gasteiger charge is -2.47. The lowest BCUT2D eigenvalue weighted by atomic mass is 9.76. The van der Waals surface area contributed by atoms with Gasteiger partial charge in [-0.05, 0) is 37.6 Å². The van der Waals surface area contributed by atoms with E-state index in [-0.39, 0.29) is 6.04 Å². The molecule has 0 spiro atoms. The average Bonchev–Trinajstić information content (AvgIpc) is 2.33. The molecule has 2 aliphatic rings. The Balaban J connectivity index is 2.05. The minimum Gasteiger partial charge on any atom is -0.481 e. The number of carbonyl (C=O) groups is 1. The van der Waals surface area contributed by atoms with E-state index >= 15 is 0 Å². The quantitative estimate of drug-likeness (QED) is 0.840. The third kappa shape index (κ3) is 3.05. The van der Waals surface area contributed by atoms with Crippen LogP contribution in [-0.4, -0.2) is 34.6 Å². The average molecular weight is 253 g/mol. The Morgan fingerprint density at radius 3 is 2.67 bits per heavy atom. The fourth-order valence-corrected chi connectivity index (χ4v) is 3.90. The fourth-order valence-electron chi connectivity index (χ4n) is 3.90. The molecule has 0 radical (unpaired) electrons. The molecule has 1 saturated carbocycles. The van der Waals surface area contributed by atoms with E-state index in [0.717, 1.165) is 18.9 Å². The molecule has 1 N–H and O–H groups in total. The maximum Gasteiger partial charge on any atom is 0.304 e. The second-order valence-corrected chi connectivity index (χ2v) is 6.32. The smallest absolute Gasteiger partial charge is 0.304 e. The van der Waals surface area contributed by atoms with Crippen molar-refractivity contribution in [3.8, 4) is 0 Å². The highest BCUT2D eigenvalue weighted by Gasteiger charge is 2.36. The number of carboxylic acids is 1. The molecular formula is C15H27NO2. The molecule has 1 aliphatic heterocycles. The Morgan fingerprint density at radius 1 is 1.17 bits per heavy atom. The van der Waals surface area contributed by atoms with Gasteiger partial charge in [0.05, 0.1) is 6.42 Å². The van der Waals surface area contributed by atoms with Crippen LogP contribution in [0.5, 0.6) is 0 Å². The van der Waals surface area contributed by atoms with E-state index in [9.17, 15) is 4.79 Å². The zero-order valence-electron chi connectivity index (χ0n) is 11.8. The van der Waals surface area contributed by atoms with Crippen LogP contribution in [0.25, 0.3) is 0 Å². The van der Waals surface area contributed by atoms with E-state index in [1.807, 2.05) is 0 Å². The van der Waals surface area contributed by atoms with Gasteiger partial charge in [-0.2, -0.15) is 0 Å². The molecule has 0 aromatic rings. The van der Waals surface area contributed by atoms with Crippen LogP contribution in [0.1, 0.15) is 58.8 Å². The summed E-state index contributed by atoms with van der Waals surface area (Å²) in [6.45, 7) is 5.83. The van der Waals surface area contributed by atoms with Gasteiger partial charge in [-0.1, -0.05) is 33.1 Å². The van der Waals surface area contributed by atoms with Crippen molar-refractivity contribution in [2.45, 2.75) is 70.9 Å². The summed E-state index contributed by atoms with van der Waals surface area (Å²) in [4.78, 5) is 13.6. The summed E-state index contributed by atoms with van der Waals surface area (Å²) in [5, 5.41) is 9.07. The number of piperidine rings is 1. The van der Waals surface area contributed by atoms with E-state index in [4.69, 9.17) is 5.11 Å². The summed E-state index contributed by atoms with van der Waals surface area (Å²) in [6, 6.07) is 0.910. The zero-order chi connectivity index (χ0) is 13.1. The number of carboxylic acid groups (broad SMARTS) is 1. The van der Waals surface area contributed by atoms with Gasteiger partial charge in [0.25, 0.3) is 0 Å². The SMILES string of the molecule is CC1CCCC(N2CCCCC2CC(=O)O)C1C. The minimum absolute atomic E-state index is 0.286.